The average Bonchev–Trinajstić information content (AvgIpc) is 2.64. The highest BCUT2D eigenvalue weighted by molar-refractivity contribution is 7.38. The first-order chi connectivity index (χ1) is 9.50. The highest BCUT2D eigenvalue weighted by atomic mass is 32.2. The Labute approximate surface area is 119 Å². The SMILES string of the molecule is CCCc1ccc2cc(C3CCC3)[s+](C(F)(F)F)c2c1. The van der Waals surface area contributed by atoms with Gasteiger partial charge in [0.25, 0.3) is 0 Å². The van der Waals surface area contributed by atoms with Crippen LogP contribution in [0.3, 0.4) is 0 Å². The van der Waals surface area contributed by atoms with E-state index in [0.717, 1.165) is 43.1 Å². The van der Waals surface area contributed by atoms with Gasteiger partial charge in [-0.3, -0.25) is 0 Å². The zero-order valence-corrected chi connectivity index (χ0v) is 12.3. The molecule has 2 aromatic rings. The van der Waals surface area contributed by atoms with Gasteiger partial charge in [-0.15, -0.1) is 13.2 Å². The minimum Gasteiger partial charge on any atom is -0.118 e. The summed E-state index contributed by atoms with van der Waals surface area (Å²) in [5, 5.41) is 0.785. The Balaban J connectivity index is 2.18. The predicted molar refractivity (Wildman–Crippen MR) is 78.3 cm³/mol. The highest BCUT2D eigenvalue weighted by Gasteiger charge is 2.50. The molecule has 0 saturated heterocycles. The van der Waals surface area contributed by atoms with E-state index in [0.29, 0.717) is 9.58 Å². The molecule has 0 spiro atoms. The molecule has 20 heavy (non-hydrogen) atoms. The number of rotatable bonds is 3. The number of hydrogen-bond donors (Lipinski definition) is 0. The van der Waals surface area contributed by atoms with Crippen LogP contribution < -0.4 is 0 Å². The van der Waals surface area contributed by atoms with Gasteiger partial charge in [-0.2, -0.15) is 0 Å². The molecule has 108 valence electrons. The van der Waals surface area contributed by atoms with E-state index in [1.54, 1.807) is 6.07 Å². The van der Waals surface area contributed by atoms with E-state index in [2.05, 4.69) is 6.92 Å². The van der Waals surface area contributed by atoms with Crippen LogP contribution in [0.5, 0.6) is 0 Å². The Kier molecular flexibility index (Phi) is 3.53. The maximum absolute atomic E-state index is 13.5. The number of halogens is 3. The lowest BCUT2D eigenvalue weighted by molar-refractivity contribution is -0.0868. The summed E-state index contributed by atoms with van der Waals surface area (Å²) < 4.78 is 41.0. The van der Waals surface area contributed by atoms with E-state index in [1.165, 1.54) is 0 Å². The molecule has 0 N–H and O–H groups in total. The first-order valence-corrected chi connectivity index (χ1v) is 8.39. The summed E-state index contributed by atoms with van der Waals surface area (Å²) in [5.41, 5.74) is -3.12. The molecule has 1 aliphatic carbocycles. The minimum absolute atomic E-state index is 0.155. The van der Waals surface area contributed by atoms with Gasteiger partial charge in [-0.05, 0) is 30.9 Å². The summed E-state index contributed by atoms with van der Waals surface area (Å²) in [5.74, 6) is 0.155. The van der Waals surface area contributed by atoms with E-state index in [4.69, 9.17) is 0 Å². The van der Waals surface area contributed by atoms with Crippen molar-refractivity contribution in [1.82, 2.24) is 0 Å². The van der Waals surface area contributed by atoms with Crippen LogP contribution in [0.25, 0.3) is 10.1 Å². The number of benzene rings is 1. The van der Waals surface area contributed by atoms with Gasteiger partial charge in [0.1, 0.15) is 0 Å². The second-order valence-corrected chi connectivity index (χ2v) is 7.54. The van der Waals surface area contributed by atoms with Crippen LogP contribution in [-0.4, -0.2) is 0 Å². The third-order valence-electron chi connectivity index (χ3n) is 4.11. The smallest absolute Gasteiger partial charge is 0.118 e. The van der Waals surface area contributed by atoms with Crippen molar-refractivity contribution in [2.24, 2.45) is 0 Å². The van der Waals surface area contributed by atoms with E-state index in [1.807, 2.05) is 18.2 Å². The maximum atomic E-state index is 13.5. The second-order valence-electron chi connectivity index (χ2n) is 5.55. The molecule has 0 aliphatic heterocycles. The summed E-state index contributed by atoms with van der Waals surface area (Å²) in [7, 11) is -1.69. The molecule has 0 bridgehead atoms. The Hall–Kier alpha value is -1.03. The quantitative estimate of drug-likeness (QED) is 0.585. The molecule has 1 aliphatic rings. The van der Waals surface area contributed by atoms with Crippen LogP contribution in [0.15, 0.2) is 24.3 Å². The molecule has 1 unspecified atom stereocenters. The zero-order valence-electron chi connectivity index (χ0n) is 11.5. The van der Waals surface area contributed by atoms with Crippen molar-refractivity contribution in [2.75, 3.05) is 0 Å². The molecule has 0 nitrogen and oxygen atoms in total. The van der Waals surface area contributed by atoms with E-state index in [9.17, 15) is 13.2 Å². The van der Waals surface area contributed by atoms with Crippen molar-refractivity contribution in [2.45, 2.75) is 50.5 Å². The fraction of sp³-hybridized carbons (Fsp3) is 0.500. The Bertz CT molecular complexity index is 620. The number of thiophene rings is 1. The molecule has 0 radical (unpaired) electrons. The van der Waals surface area contributed by atoms with Crippen molar-refractivity contribution in [3.8, 4) is 0 Å². The van der Waals surface area contributed by atoms with Crippen LogP contribution >= 0.6 is 10.5 Å². The lowest BCUT2D eigenvalue weighted by Crippen LogP contribution is -2.10. The molecule has 1 heterocycles. The van der Waals surface area contributed by atoms with E-state index < -0.39 is 16.0 Å². The molecule has 1 saturated carbocycles. The number of aryl methyl sites for hydroxylation is 1. The van der Waals surface area contributed by atoms with E-state index >= 15 is 0 Å². The van der Waals surface area contributed by atoms with Gasteiger partial charge in [-0.25, -0.2) is 0 Å². The van der Waals surface area contributed by atoms with Gasteiger partial charge < -0.3 is 0 Å². The first-order valence-electron chi connectivity index (χ1n) is 7.16. The number of fused-ring (bicyclic) bond motifs is 1. The van der Waals surface area contributed by atoms with Gasteiger partial charge in [0.05, 0.1) is 10.5 Å². The van der Waals surface area contributed by atoms with Gasteiger partial charge >= 0.3 is 5.51 Å². The van der Waals surface area contributed by atoms with Crippen LogP contribution in [0, 0.1) is 0 Å². The van der Waals surface area contributed by atoms with Gasteiger partial charge in [0.15, 0.2) is 9.58 Å². The molecule has 1 atom stereocenters. The van der Waals surface area contributed by atoms with Crippen molar-refractivity contribution in [1.29, 1.82) is 0 Å². The van der Waals surface area contributed by atoms with Crippen LogP contribution in [0.1, 0.15) is 49.0 Å². The van der Waals surface area contributed by atoms with Crippen LogP contribution in [-0.2, 0) is 11.9 Å². The molecular formula is C16H18F3S+. The van der Waals surface area contributed by atoms with Crippen molar-refractivity contribution < 1.29 is 13.2 Å². The zero-order chi connectivity index (χ0) is 14.3. The fourth-order valence-corrected chi connectivity index (χ4v) is 5.11. The van der Waals surface area contributed by atoms with Crippen molar-refractivity contribution >= 4 is 20.6 Å². The van der Waals surface area contributed by atoms with Crippen LogP contribution in [0.4, 0.5) is 13.2 Å². The maximum Gasteiger partial charge on any atom is 0.600 e. The fourth-order valence-electron chi connectivity index (χ4n) is 2.89. The summed E-state index contributed by atoms with van der Waals surface area (Å²) >= 11 is 0. The molecule has 1 fully saturated rings. The molecule has 3 rings (SSSR count). The van der Waals surface area contributed by atoms with Crippen LogP contribution in [0.2, 0.25) is 0 Å². The Morgan fingerprint density at radius 2 is 1.95 bits per heavy atom. The predicted octanol–water partition coefficient (Wildman–Crippen LogP) is 6.29. The molecule has 1 aromatic heterocycles. The van der Waals surface area contributed by atoms with Gasteiger partial charge in [0, 0.05) is 23.4 Å². The van der Waals surface area contributed by atoms with Crippen molar-refractivity contribution in [3.05, 3.63) is 34.7 Å². The molecular weight excluding hydrogens is 281 g/mol. The second kappa shape index (κ2) is 5.06. The van der Waals surface area contributed by atoms with Gasteiger partial charge in [0.2, 0.25) is 0 Å². The normalized spacial score (nSPS) is 17.5. The minimum atomic E-state index is -4.14. The molecule has 4 heteroatoms. The first kappa shape index (κ1) is 13.9. The average molecular weight is 299 g/mol. The van der Waals surface area contributed by atoms with Gasteiger partial charge in [-0.1, -0.05) is 25.8 Å². The van der Waals surface area contributed by atoms with E-state index in [-0.39, 0.29) is 5.92 Å². The molecule has 1 aromatic carbocycles. The highest BCUT2D eigenvalue weighted by Crippen LogP contribution is 2.56. The number of hydrogen-bond acceptors (Lipinski definition) is 0. The topological polar surface area (TPSA) is 0 Å². The lowest BCUT2D eigenvalue weighted by Gasteiger charge is -2.21. The number of alkyl halides is 3. The summed E-state index contributed by atoms with van der Waals surface area (Å²) in [6.07, 6.45) is 4.71. The third kappa shape index (κ3) is 2.34. The Morgan fingerprint density at radius 1 is 1.20 bits per heavy atom. The standard InChI is InChI=1S/C16H18F3S/c1-2-4-11-7-8-13-10-15(12-5-3-6-12)20(14(13)9-11)16(17,18)19/h7-10,12H,2-6H2,1H3/q+1. The summed E-state index contributed by atoms with van der Waals surface area (Å²) in [4.78, 5) is 0.632. The summed E-state index contributed by atoms with van der Waals surface area (Å²) in [6, 6.07) is 7.45. The summed E-state index contributed by atoms with van der Waals surface area (Å²) in [6.45, 7) is 2.05. The molecule has 0 amide bonds. The third-order valence-corrected chi connectivity index (χ3v) is 6.29. The largest absolute Gasteiger partial charge is 0.600 e. The monoisotopic (exact) mass is 299 g/mol. The lowest BCUT2D eigenvalue weighted by atomic mass is 9.84. The Morgan fingerprint density at radius 3 is 2.50 bits per heavy atom. The van der Waals surface area contributed by atoms with Crippen molar-refractivity contribution in [3.63, 3.8) is 0 Å².